The molecule has 1 aromatic heterocycles. The predicted molar refractivity (Wildman–Crippen MR) is 151 cm³/mol. The Kier molecular flexibility index (Phi) is 9.05. The summed E-state index contributed by atoms with van der Waals surface area (Å²) in [6, 6.07) is 7.28. The normalized spacial score (nSPS) is 12.9. The second-order valence-electron chi connectivity index (χ2n) is 9.51. The lowest BCUT2D eigenvalue weighted by atomic mass is 9.99. The third kappa shape index (κ3) is 6.46. The Labute approximate surface area is 227 Å². The van der Waals surface area contributed by atoms with Crippen LogP contribution >= 0.6 is 43.5 Å². The van der Waals surface area contributed by atoms with E-state index in [1.165, 1.54) is 4.68 Å². The van der Waals surface area contributed by atoms with Crippen LogP contribution in [0.25, 0.3) is 10.9 Å². The van der Waals surface area contributed by atoms with Gasteiger partial charge in [-0.1, -0.05) is 62.1 Å². The molecular weight excluding hydrogens is 598 g/mol. The molecule has 0 bridgehead atoms. The van der Waals surface area contributed by atoms with Gasteiger partial charge in [0.2, 0.25) is 0 Å². The molecule has 0 N–H and O–H groups in total. The van der Waals surface area contributed by atoms with Gasteiger partial charge in [0.05, 0.1) is 30.3 Å². The fourth-order valence-electron chi connectivity index (χ4n) is 3.28. The number of ether oxygens (including phenoxy) is 2. The van der Waals surface area contributed by atoms with Gasteiger partial charge in [0.25, 0.3) is 5.56 Å². The van der Waals surface area contributed by atoms with Crippen LogP contribution < -0.4 is 15.0 Å². The quantitative estimate of drug-likeness (QED) is 0.239. The van der Waals surface area contributed by atoms with E-state index < -0.39 is 0 Å². The molecule has 0 amide bonds. The highest BCUT2D eigenvalue weighted by molar-refractivity contribution is 9.10. The van der Waals surface area contributed by atoms with Crippen LogP contribution in [-0.2, 0) is 0 Å². The summed E-state index contributed by atoms with van der Waals surface area (Å²) >= 11 is 13.7. The van der Waals surface area contributed by atoms with Crippen molar-refractivity contribution >= 4 is 60.6 Å². The van der Waals surface area contributed by atoms with Gasteiger partial charge < -0.3 is 9.47 Å². The van der Waals surface area contributed by atoms with E-state index in [0.29, 0.717) is 56.5 Å². The van der Waals surface area contributed by atoms with Gasteiger partial charge in [-0.3, -0.25) is 4.79 Å². The van der Waals surface area contributed by atoms with Crippen LogP contribution in [0.15, 0.2) is 43.1 Å². The fraction of sp³-hybridized carbons (Fsp3) is 0.423. The summed E-state index contributed by atoms with van der Waals surface area (Å²) in [4.78, 5) is 18.2. The van der Waals surface area contributed by atoms with E-state index in [1.54, 1.807) is 18.3 Å². The predicted octanol–water partition coefficient (Wildman–Crippen LogP) is 7.79. The van der Waals surface area contributed by atoms with Gasteiger partial charge in [0.15, 0.2) is 11.5 Å². The van der Waals surface area contributed by atoms with E-state index in [0.717, 1.165) is 10.9 Å². The van der Waals surface area contributed by atoms with Crippen molar-refractivity contribution in [1.82, 2.24) is 9.66 Å². The monoisotopic (exact) mass is 625 g/mol. The molecule has 0 radical (unpaired) electrons. The summed E-state index contributed by atoms with van der Waals surface area (Å²) in [6.45, 7) is 13.1. The highest BCUT2D eigenvalue weighted by Crippen LogP contribution is 2.43. The van der Waals surface area contributed by atoms with E-state index in [4.69, 9.17) is 26.1 Å². The molecule has 188 valence electrons. The highest BCUT2D eigenvalue weighted by atomic mass is 79.9. The number of aromatic nitrogens is 2. The van der Waals surface area contributed by atoms with Crippen LogP contribution in [0.1, 0.15) is 65.3 Å². The molecule has 3 rings (SSSR count). The first-order chi connectivity index (χ1) is 16.5. The number of hydrogen-bond acceptors (Lipinski definition) is 5. The second-order valence-corrected chi connectivity index (χ2v) is 11.6. The molecule has 0 fully saturated rings. The van der Waals surface area contributed by atoms with Crippen LogP contribution in [0, 0.1) is 5.41 Å². The number of nitrogens with zero attached hydrogens (tertiary/aromatic N) is 3. The third-order valence-electron chi connectivity index (χ3n) is 5.30. The molecule has 9 heteroatoms. The van der Waals surface area contributed by atoms with Gasteiger partial charge in [-0.15, -0.1) is 0 Å². The summed E-state index contributed by atoms with van der Waals surface area (Å²) in [5.74, 6) is 1.62. The number of benzene rings is 2. The van der Waals surface area contributed by atoms with Crippen LogP contribution in [0.4, 0.5) is 0 Å². The summed E-state index contributed by atoms with van der Waals surface area (Å²) in [5.41, 5.74) is 1.01. The molecule has 0 saturated heterocycles. The molecule has 6 nitrogen and oxygen atoms in total. The molecule has 0 aliphatic heterocycles. The van der Waals surface area contributed by atoms with Crippen molar-refractivity contribution in [2.24, 2.45) is 10.5 Å². The first-order valence-corrected chi connectivity index (χ1v) is 13.5. The molecule has 35 heavy (non-hydrogen) atoms. The lowest BCUT2D eigenvalue weighted by molar-refractivity contribution is 0.188. The molecule has 1 heterocycles. The largest absolute Gasteiger partial charge is 0.490 e. The van der Waals surface area contributed by atoms with Gasteiger partial charge in [-0.05, 0) is 59.0 Å². The lowest BCUT2D eigenvalue weighted by Gasteiger charge is -2.22. The minimum atomic E-state index is -0.236. The summed E-state index contributed by atoms with van der Waals surface area (Å²) in [6.07, 6.45) is 2.40. The van der Waals surface area contributed by atoms with Gasteiger partial charge in [-0.2, -0.15) is 9.78 Å². The van der Waals surface area contributed by atoms with Crippen LogP contribution in [0.5, 0.6) is 11.5 Å². The molecule has 0 aliphatic carbocycles. The van der Waals surface area contributed by atoms with Crippen LogP contribution in [0.3, 0.4) is 0 Å². The zero-order valence-electron chi connectivity index (χ0n) is 20.8. The summed E-state index contributed by atoms with van der Waals surface area (Å²) in [7, 11) is 0. The Bertz CT molecular complexity index is 1320. The fourth-order valence-corrected chi connectivity index (χ4v) is 4.30. The average Bonchev–Trinajstić information content (AvgIpc) is 2.80. The molecule has 0 spiro atoms. The molecular formula is C26H30Br2ClN3O3. The smallest absolute Gasteiger partial charge is 0.282 e. The topological polar surface area (TPSA) is 65.7 Å². The maximum atomic E-state index is 13.4. The van der Waals surface area contributed by atoms with Crippen molar-refractivity contribution in [3.8, 4) is 11.5 Å². The van der Waals surface area contributed by atoms with Crippen molar-refractivity contribution in [3.63, 3.8) is 0 Å². The summed E-state index contributed by atoms with van der Waals surface area (Å²) < 4.78 is 14.6. The maximum absolute atomic E-state index is 13.4. The Balaban J connectivity index is 2.14. The Morgan fingerprint density at radius 3 is 2.54 bits per heavy atom. The second kappa shape index (κ2) is 11.4. The van der Waals surface area contributed by atoms with E-state index in [-0.39, 0.29) is 16.9 Å². The van der Waals surface area contributed by atoms with E-state index >= 15 is 0 Å². The first kappa shape index (κ1) is 27.7. The molecule has 0 saturated carbocycles. The van der Waals surface area contributed by atoms with Crippen molar-refractivity contribution in [2.45, 2.75) is 53.9 Å². The molecule has 3 aromatic rings. The third-order valence-corrected chi connectivity index (χ3v) is 7.24. The Morgan fingerprint density at radius 1 is 1.20 bits per heavy atom. The van der Waals surface area contributed by atoms with Crippen molar-refractivity contribution in [1.29, 1.82) is 0 Å². The molecule has 0 aliphatic rings. The van der Waals surface area contributed by atoms with Crippen molar-refractivity contribution in [2.75, 3.05) is 13.2 Å². The summed E-state index contributed by atoms with van der Waals surface area (Å²) in [5, 5.41) is 5.43. The van der Waals surface area contributed by atoms with Gasteiger partial charge in [0, 0.05) is 20.4 Å². The number of fused-ring (bicyclic) bond motifs is 1. The Hall–Kier alpha value is -1.90. The zero-order chi connectivity index (χ0) is 25.9. The molecule has 0 unspecified atom stereocenters. The van der Waals surface area contributed by atoms with E-state index in [2.05, 4.69) is 64.7 Å². The molecule has 2 aromatic carbocycles. The SMILES string of the molecule is CCOc1cc(C=Nn2c([C@@H](C)CC)nc3ccc(Br)cc3c2=O)c(Br)c(Cl)c1OCC(C)(C)C. The van der Waals surface area contributed by atoms with Crippen LogP contribution in [-0.4, -0.2) is 29.1 Å². The van der Waals surface area contributed by atoms with E-state index in [9.17, 15) is 4.79 Å². The Morgan fingerprint density at radius 2 is 1.91 bits per heavy atom. The average molecular weight is 628 g/mol. The standard InChI is InChI=1S/C26H30Br2ClN3O3/c1-7-15(3)24-31-19-10-9-17(27)12-18(19)25(33)32(24)30-13-16-11-20(34-8-2)23(22(29)21(16)28)35-14-26(4,5)6/h9-13,15H,7-8,14H2,1-6H3/t15-/m0/s1. The van der Waals surface area contributed by atoms with E-state index in [1.807, 2.05) is 26.0 Å². The highest BCUT2D eigenvalue weighted by Gasteiger charge is 2.21. The van der Waals surface area contributed by atoms with Crippen LogP contribution in [0.2, 0.25) is 5.02 Å². The number of rotatable bonds is 8. The molecule has 1 atom stereocenters. The minimum Gasteiger partial charge on any atom is -0.490 e. The van der Waals surface area contributed by atoms with Crippen molar-refractivity contribution in [3.05, 3.63) is 60.0 Å². The zero-order valence-corrected chi connectivity index (χ0v) is 24.7. The van der Waals surface area contributed by atoms with Gasteiger partial charge in [-0.25, -0.2) is 4.98 Å². The maximum Gasteiger partial charge on any atom is 0.282 e. The van der Waals surface area contributed by atoms with Gasteiger partial charge in [0.1, 0.15) is 10.8 Å². The number of hydrogen-bond donors (Lipinski definition) is 0. The lowest BCUT2D eigenvalue weighted by Crippen LogP contribution is -2.23. The van der Waals surface area contributed by atoms with Gasteiger partial charge >= 0.3 is 0 Å². The number of halogens is 3. The first-order valence-electron chi connectivity index (χ1n) is 11.5. The van der Waals surface area contributed by atoms with Crippen molar-refractivity contribution < 1.29 is 9.47 Å². The minimum absolute atomic E-state index is 0.0343.